The van der Waals surface area contributed by atoms with Gasteiger partial charge in [0.25, 0.3) is 0 Å². The molecule has 2 amide bonds. The number of carbonyl (C=O) groups excluding carboxylic acids is 2. The highest BCUT2D eigenvalue weighted by atomic mass is 16.2. The number of rotatable bonds is 6. The van der Waals surface area contributed by atoms with Crippen LogP contribution >= 0.6 is 0 Å². The van der Waals surface area contributed by atoms with Gasteiger partial charge in [0, 0.05) is 26.1 Å². The molecule has 0 aliphatic carbocycles. The Hall–Kier alpha value is -2.10. The molecule has 0 unspecified atom stereocenters. The van der Waals surface area contributed by atoms with Gasteiger partial charge in [-0.2, -0.15) is 0 Å². The van der Waals surface area contributed by atoms with Gasteiger partial charge in [-0.15, -0.1) is 0 Å². The summed E-state index contributed by atoms with van der Waals surface area (Å²) in [6.45, 7) is 4.09. The van der Waals surface area contributed by atoms with Crippen LogP contribution in [0, 0.1) is 0 Å². The summed E-state index contributed by atoms with van der Waals surface area (Å²) in [5.41, 5.74) is 9.18. The minimum Gasteiger partial charge on any atom is -0.366 e. The van der Waals surface area contributed by atoms with Gasteiger partial charge in [-0.3, -0.25) is 9.59 Å². The Morgan fingerprint density at radius 1 is 1.10 bits per heavy atom. The van der Waals surface area contributed by atoms with Crippen LogP contribution in [0.3, 0.4) is 0 Å². The van der Waals surface area contributed by atoms with Crippen molar-refractivity contribution in [2.45, 2.75) is 33.1 Å². The van der Waals surface area contributed by atoms with Crippen molar-refractivity contribution in [3.63, 3.8) is 0 Å². The fourth-order valence-electron chi connectivity index (χ4n) is 2.07. The number of hydrogen-bond donors (Lipinski definition) is 1. The first-order valence-corrected chi connectivity index (χ1v) is 7.09. The van der Waals surface area contributed by atoms with Gasteiger partial charge in [0.1, 0.15) is 0 Å². The van der Waals surface area contributed by atoms with Gasteiger partial charge < -0.3 is 10.6 Å². The average molecular weight is 288 g/mol. The lowest BCUT2D eigenvalue weighted by atomic mass is 9.97. The van der Waals surface area contributed by atoms with Crippen molar-refractivity contribution in [1.29, 1.82) is 0 Å². The fraction of sp³-hybridized carbons (Fsp3) is 0.412. The van der Waals surface area contributed by atoms with Crippen LogP contribution in [-0.2, 0) is 4.79 Å². The molecule has 4 heteroatoms. The number of amides is 2. The Kier molecular flexibility index (Phi) is 6.15. The summed E-state index contributed by atoms with van der Waals surface area (Å²) in [6.07, 6.45) is 2.25. The number of benzene rings is 1. The molecule has 0 aliphatic rings. The second-order valence-corrected chi connectivity index (χ2v) is 5.49. The van der Waals surface area contributed by atoms with Crippen LogP contribution in [0.4, 0.5) is 0 Å². The topological polar surface area (TPSA) is 63.4 Å². The summed E-state index contributed by atoms with van der Waals surface area (Å²) >= 11 is 0. The number of allylic oxidation sites excluding steroid dienone is 2. The molecule has 0 aromatic heterocycles. The van der Waals surface area contributed by atoms with Gasteiger partial charge in [0.05, 0.1) is 0 Å². The maximum Gasteiger partial charge on any atom is 0.248 e. The zero-order chi connectivity index (χ0) is 16.0. The summed E-state index contributed by atoms with van der Waals surface area (Å²) in [5, 5.41) is 0. The molecule has 0 heterocycles. The van der Waals surface area contributed by atoms with Crippen molar-refractivity contribution in [2.24, 2.45) is 5.73 Å². The van der Waals surface area contributed by atoms with Crippen LogP contribution in [0.2, 0.25) is 0 Å². The third kappa shape index (κ3) is 5.06. The molecule has 0 saturated heterocycles. The molecule has 21 heavy (non-hydrogen) atoms. The van der Waals surface area contributed by atoms with E-state index in [1.165, 1.54) is 5.57 Å². The highest BCUT2D eigenvalue weighted by Crippen LogP contribution is 2.22. The van der Waals surface area contributed by atoms with Crippen molar-refractivity contribution in [3.8, 4) is 0 Å². The largest absolute Gasteiger partial charge is 0.366 e. The normalized spacial score (nSPS) is 11.8. The van der Waals surface area contributed by atoms with Crippen LogP contribution in [0.5, 0.6) is 0 Å². The molecule has 0 saturated carbocycles. The lowest BCUT2D eigenvalue weighted by molar-refractivity contribution is -0.128. The molecule has 0 bridgehead atoms. The quantitative estimate of drug-likeness (QED) is 0.874. The van der Waals surface area contributed by atoms with E-state index in [2.05, 4.69) is 6.92 Å². The maximum atomic E-state index is 11.5. The van der Waals surface area contributed by atoms with Crippen molar-refractivity contribution >= 4 is 17.4 Å². The van der Waals surface area contributed by atoms with Gasteiger partial charge in [0.15, 0.2) is 0 Å². The van der Waals surface area contributed by atoms with E-state index in [0.29, 0.717) is 12.0 Å². The summed E-state index contributed by atoms with van der Waals surface area (Å²) in [6, 6.07) is 7.33. The van der Waals surface area contributed by atoms with Gasteiger partial charge in [-0.1, -0.05) is 17.7 Å². The Labute approximate surface area is 126 Å². The van der Waals surface area contributed by atoms with Crippen LogP contribution in [0.25, 0.3) is 5.57 Å². The molecule has 0 fully saturated rings. The van der Waals surface area contributed by atoms with Crippen molar-refractivity contribution in [3.05, 3.63) is 41.0 Å². The molecule has 0 spiro atoms. The van der Waals surface area contributed by atoms with Crippen LogP contribution in [-0.4, -0.2) is 30.8 Å². The monoisotopic (exact) mass is 288 g/mol. The van der Waals surface area contributed by atoms with Crippen molar-refractivity contribution in [1.82, 2.24) is 4.90 Å². The Balaban J connectivity index is 2.75. The first-order chi connectivity index (χ1) is 9.82. The molecule has 2 N–H and O–H groups in total. The predicted octanol–water partition coefficient (Wildman–Crippen LogP) is 2.84. The Bertz CT molecular complexity index is 560. The third-order valence-corrected chi connectivity index (χ3v) is 3.66. The van der Waals surface area contributed by atoms with Gasteiger partial charge >= 0.3 is 0 Å². The first kappa shape index (κ1) is 17.0. The number of hydrogen-bond acceptors (Lipinski definition) is 2. The molecule has 0 atom stereocenters. The van der Waals surface area contributed by atoms with Crippen molar-refractivity contribution < 1.29 is 9.59 Å². The van der Waals surface area contributed by atoms with Crippen LogP contribution in [0.1, 0.15) is 49.0 Å². The van der Waals surface area contributed by atoms with Crippen LogP contribution in [0.15, 0.2) is 29.8 Å². The number of carbonyl (C=O) groups is 2. The first-order valence-electron chi connectivity index (χ1n) is 7.09. The number of nitrogens with zero attached hydrogens (tertiary/aromatic N) is 1. The molecule has 0 aliphatic heterocycles. The van der Waals surface area contributed by atoms with E-state index >= 15 is 0 Å². The lowest BCUT2D eigenvalue weighted by Crippen LogP contribution is -2.21. The summed E-state index contributed by atoms with van der Waals surface area (Å²) in [5.74, 6) is -0.268. The molecule has 1 rings (SSSR count). The van der Waals surface area contributed by atoms with Crippen LogP contribution < -0.4 is 5.73 Å². The van der Waals surface area contributed by atoms with E-state index in [9.17, 15) is 9.59 Å². The molecule has 4 nitrogen and oxygen atoms in total. The SMILES string of the molecule is C/C(CCCC(=O)N(C)C)=C(\C)c1cccc(C(N)=O)c1. The molecule has 0 radical (unpaired) electrons. The van der Waals surface area contributed by atoms with E-state index in [0.717, 1.165) is 24.0 Å². The second-order valence-electron chi connectivity index (χ2n) is 5.49. The third-order valence-electron chi connectivity index (χ3n) is 3.66. The molecular formula is C17H24N2O2. The minimum absolute atomic E-state index is 0.149. The summed E-state index contributed by atoms with van der Waals surface area (Å²) in [7, 11) is 3.54. The molecular weight excluding hydrogens is 264 g/mol. The van der Waals surface area contributed by atoms with Gasteiger partial charge in [-0.05, 0) is 50.0 Å². The minimum atomic E-state index is -0.418. The van der Waals surface area contributed by atoms with Crippen molar-refractivity contribution in [2.75, 3.05) is 14.1 Å². The molecule has 1 aromatic carbocycles. The van der Waals surface area contributed by atoms with Gasteiger partial charge in [-0.25, -0.2) is 0 Å². The summed E-state index contributed by atoms with van der Waals surface area (Å²) < 4.78 is 0. The van der Waals surface area contributed by atoms with E-state index < -0.39 is 5.91 Å². The second kappa shape index (κ2) is 7.62. The van der Waals surface area contributed by atoms with E-state index in [-0.39, 0.29) is 5.91 Å². The standard InChI is InChI=1S/C17H24N2O2/c1-12(7-5-10-16(20)19(3)4)13(2)14-8-6-9-15(11-14)17(18)21/h6,8-9,11H,5,7,10H2,1-4H3,(H2,18,21)/b13-12-. The molecule has 1 aromatic rings. The number of primary amides is 1. The van der Waals surface area contributed by atoms with E-state index in [4.69, 9.17) is 5.73 Å². The predicted molar refractivity (Wildman–Crippen MR) is 85.8 cm³/mol. The highest BCUT2D eigenvalue weighted by Gasteiger charge is 2.07. The smallest absolute Gasteiger partial charge is 0.248 e. The fourth-order valence-corrected chi connectivity index (χ4v) is 2.07. The Morgan fingerprint density at radius 3 is 2.29 bits per heavy atom. The van der Waals surface area contributed by atoms with E-state index in [1.54, 1.807) is 25.1 Å². The van der Waals surface area contributed by atoms with Gasteiger partial charge in [0.2, 0.25) is 11.8 Å². The maximum absolute atomic E-state index is 11.5. The molecule has 114 valence electrons. The average Bonchev–Trinajstić information content (AvgIpc) is 2.46. The van der Waals surface area contributed by atoms with E-state index in [1.807, 2.05) is 25.1 Å². The highest BCUT2D eigenvalue weighted by molar-refractivity contribution is 5.93. The zero-order valence-electron chi connectivity index (χ0n) is 13.3. The summed E-state index contributed by atoms with van der Waals surface area (Å²) in [4.78, 5) is 24.4. The lowest BCUT2D eigenvalue weighted by Gasteiger charge is -2.11. The Morgan fingerprint density at radius 2 is 1.71 bits per heavy atom. The number of nitrogens with two attached hydrogens (primary N) is 1. The zero-order valence-corrected chi connectivity index (χ0v) is 13.3.